The van der Waals surface area contributed by atoms with E-state index in [-0.39, 0.29) is 12.4 Å². The monoisotopic (exact) mass is 340 g/mol. The fourth-order valence-corrected chi connectivity index (χ4v) is 2.99. The SMILES string of the molecule is CCOC(=O)C1Cc2cc(OCc3ccccc3)cc(OC)c2C1=O. The van der Waals surface area contributed by atoms with Crippen molar-refractivity contribution in [3.63, 3.8) is 0 Å². The second-order valence-electron chi connectivity index (χ2n) is 5.81. The van der Waals surface area contributed by atoms with E-state index in [1.165, 1.54) is 7.11 Å². The third-order valence-corrected chi connectivity index (χ3v) is 4.18. The minimum atomic E-state index is -0.798. The Morgan fingerprint density at radius 1 is 1.20 bits per heavy atom. The summed E-state index contributed by atoms with van der Waals surface area (Å²) in [4.78, 5) is 24.6. The Bertz CT molecular complexity index is 782. The summed E-state index contributed by atoms with van der Waals surface area (Å²) in [5.74, 6) is -0.500. The number of ether oxygens (including phenoxy) is 3. The Morgan fingerprint density at radius 3 is 2.64 bits per heavy atom. The van der Waals surface area contributed by atoms with Gasteiger partial charge in [0.25, 0.3) is 0 Å². The van der Waals surface area contributed by atoms with Crippen LogP contribution in [0.25, 0.3) is 0 Å². The lowest BCUT2D eigenvalue weighted by atomic mass is 10.1. The summed E-state index contributed by atoms with van der Waals surface area (Å²) < 4.78 is 16.2. The normalized spacial score (nSPS) is 15.6. The van der Waals surface area contributed by atoms with E-state index in [4.69, 9.17) is 14.2 Å². The van der Waals surface area contributed by atoms with Crippen molar-refractivity contribution in [2.24, 2.45) is 5.92 Å². The van der Waals surface area contributed by atoms with Crippen LogP contribution in [0.5, 0.6) is 11.5 Å². The third-order valence-electron chi connectivity index (χ3n) is 4.18. The van der Waals surface area contributed by atoms with E-state index in [0.717, 1.165) is 11.1 Å². The number of esters is 1. The van der Waals surface area contributed by atoms with Crippen LogP contribution in [0, 0.1) is 5.92 Å². The number of Topliss-reactive ketones (excluding diaryl/α,β-unsaturated/α-hetero) is 1. The van der Waals surface area contributed by atoms with Gasteiger partial charge in [0, 0.05) is 6.07 Å². The second-order valence-corrected chi connectivity index (χ2v) is 5.81. The van der Waals surface area contributed by atoms with Gasteiger partial charge in [0.05, 0.1) is 19.3 Å². The van der Waals surface area contributed by atoms with E-state index < -0.39 is 11.9 Å². The fraction of sp³-hybridized carbons (Fsp3) is 0.300. The molecule has 2 aromatic carbocycles. The Morgan fingerprint density at radius 2 is 1.96 bits per heavy atom. The van der Waals surface area contributed by atoms with Crippen LogP contribution >= 0.6 is 0 Å². The van der Waals surface area contributed by atoms with Crippen LogP contribution in [0.4, 0.5) is 0 Å². The van der Waals surface area contributed by atoms with Gasteiger partial charge in [0.1, 0.15) is 24.0 Å². The molecular weight excluding hydrogens is 320 g/mol. The first kappa shape index (κ1) is 17.0. The Balaban J connectivity index is 1.83. The molecule has 0 amide bonds. The highest BCUT2D eigenvalue weighted by atomic mass is 16.5. The quantitative estimate of drug-likeness (QED) is 0.597. The van der Waals surface area contributed by atoms with Gasteiger partial charge in [-0.1, -0.05) is 30.3 Å². The van der Waals surface area contributed by atoms with Gasteiger partial charge in [-0.2, -0.15) is 0 Å². The number of hydrogen-bond acceptors (Lipinski definition) is 5. The molecule has 3 rings (SSSR count). The minimum Gasteiger partial charge on any atom is -0.496 e. The lowest BCUT2D eigenvalue weighted by molar-refractivity contribution is -0.145. The van der Waals surface area contributed by atoms with E-state index >= 15 is 0 Å². The molecule has 5 nitrogen and oxygen atoms in total. The summed E-state index contributed by atoms with van der Waals surface area (Å²) in [6.45, 7) is 2.39. The number of carbonyl (C=O) groups is 2. The van der Waals surface area contributed by atoms with Crippen LogP contribution in [0.2, 0.25) is 0 Å². The zero-order valence-electron chi connectivity index (χ0n) is 14.3. The van der Waals surface area contributed by atoms with E-state index in [0.29, 0.717) is 30.1 Å². The molecule has 2 aromatic rings. The smallest absolute Gasteiger partial charge is 0.317 e. The Labute approximate surface area is 146 Å². The molecule has 1 aliphatic carbocycles. The first-order valence-electron chi connectivity index (χ1n) is 8.22. The lowest BCUT2D eigenvalue weighted by Crippen LogP contribution is -2.23. The number of carbonyl (C=O) groups excluding carboxylic acids is 2. The third kappa shape index (κ3) is 3.50. The van der Waals surface area contributed by atoms with E-state index in [1.807, 2.05) is 30.3 Å². The van der Waals surface area contributed by atoms with Gasteiger partial charge in [-0.3, -0.25) is 9.59 Å². The lowest BCUT2D eigenvalue weighted by Gasteiger charge is -2.11. The van der Waals surface area contributed by atoms with Crippen molar-refractivity contribution in [3.8, 4) is 11.5 Å². The van der Waals surface area contributed by atoms with Crippen molar-refractivity contribution in [1.82, 2.24) is 0 Å². The van der Waals surface area contributed by atoms with Crippen LogP contribution < -0.4 is 9.47 Å². The van der Waals surface area contributed by atoms with Crippen molar-refractivity contribution in [2.45, 2.75) is 20.0 Å². The topological polar surface area (TPSA) is 61.8 Å². The number of ketones is 1. The van der Waals surface area contributed by atoms with Crippen molar-refractivity contribution in [3.05, 3.63) is 59.2 Å². The van der Waals surface area contributed by atoms with Gasteiger partial charge in [-0.25, -0.2) is 0 Å². The molecule has 130 valence electrons. The molecule has 0 fully saturated rings. The summed E-state index contributed by atoms with van der Waals surface area (Å²) in [6, 6.07) is 13.3. The molecule has 0 saturated carbocycles. The molecule has 0 radical (unpaired) electrons. The molecule has 5 heteroatoms. The van der Waals surface area contributed by atoms with Crippen LogP contribution in [0.1, 0.15) is 28.4 Å². The molecule has 0 bridgehead atoms. The van der Waals surface area contributed by atoms with Gasteiger partial charge in [-0.15, -0.1) is 0 Å². The number of fused-ring (bicyclic) bond motifs is 1. The molecule has 0 N–H and O–H groups in total. The van der Waals surface area contributed by atoms with Crippen LogP contribution in [0.15, 0.2) is 42.5 Å². The summed E-state index contributed by atoms with van der Waals surface area (Å²) in [5.41, 5.74) is 2.25. The highest BCUT2D eigenvalue weighted by molar-refractivity contribution is 6.13. The van der Waals surface area contributed by atoms with Crippen LogP contribution in [0.3, 0.4) is 0 Å². The zero-order valence-corrected chi connectivity index (χ0v) is 14.3. The van der Waals surface area contributed by atoms with E-state index in [2.05, 4.69) is 0 Å². The Hall–Kier alpha value is -2.82. The molecular formula is C20H20O5. The predicted octanol–water partition coefficient (Wildman–Crippen LogP) is 3.19. The molecule has 1 atom stereocenters. The van der Waals surface area contributed by atoms with Gasteiger partial charge >= 0.3 is 5.97 Å². The molecule has 1 unspecified atom stereocenters. The largest absolute Gasteiger partial charge is 0.496 e. The van der Waals surface area contributed by atoms with Gasteiger partial charge in [0.15, 0.2) is 5.78 Å². The van der Waals surface area contributed by atoms with Crippen LogP contribution in [-0.4, -0.2) is 25.5 Å². The standard InChI is InChI=1S/C20H20O5/c1-3-24-20(22)16-10-14-9-15(11-17(23-2)18(14)19(16)21)25-12-13-7-5-4-6-8-13/h4-9,11,16H,3,10,12H2,1-2H3. The predicted molar refractivity (Wildman–Crippen MR) is 91.9 cm³/mol. The van der Waals surface area contributed by atoms with Gasteiger partial charge < -0.3 is 14.2 Å². The first-order valence-corrected chi connectivity index (χ1v) is 8.22. The van der Waals surface area contributed by atoms with E-state index in [9.17, 15) is 9.59 Å². The van der Waals surface area contributed by atoms with Gasteiger partial charge in [-0.05, 0) is 30.5 Å². The summed E-state index contributed by atoms with van der Waals surface area (Å²) in [5, 5.41) is 0. The van der Waals surface area contributed by atoms with E-state index in [1.54, 1.807) is 19.1 Å². The maximum atomic E-state index is 12.6. The first-order chi connectivity index (χ1) is 12.1. The van der Waals surface area contributed by atoms with Crippen molar-refractivity contribution in [2.75, 3.05) is 13.7 Å². The molecule has 0 spiro atoms. The zero-order chi connectivity index (χ0) is 17.8. The molecule has 0 heterocycles. The van der Waals surface area contributed by atoms with Crippen molar-refractivity contribution >= 4 is 11.8 Å². The number of rotatable bonds is 6. The van der Waals surface area contributed by atoms with Crippen LogP contribution in [-0.2, 0) is 22.6 Å². The van der Waals surface area contributed by atoms with Crippen molar-refractivity contribution < 1.29 is 23.8 Å². The molecule has 25 heavy (non-hydrogen) atoms. The number of hydrogen-bond donors (Lipinski definition) is 0. The highest BCUT2D eigenvalue weighted by Crippen LogP contribution is 2.38. The summed E-state index contributed by atoms with van der Waals surface area (Å²) in [6.07, 6.45) is 0.311. The molecule has 0 saturated heterocycles. The fourth-order valence-electron chi connectivity index (χ4n) is 2.99. The number of methoxy groups -OCH3 is 1. The maximum Gasteiger partial charge on any atom is 0.317 e. The molecule has 0 aromatic heterocycles. The summed E-state index contributed by atoms with van der Waals surface area (Å²) in [7, 11) is 1.50. The maximum absolute atomic E-state index is 12.6. The Kier molecular flexibility index (Phi) is 5.03. The molecule has 0 aliphatic heterocycles. The second kappa shape index (κ2) is 7.38. The number of benzene rings is 2. The highest BCUT2D eigenvalue weighted by Gasteiger charge is 2.39. The van der Waals surface area contributed by atoms with Crippen molar-refractivity contribution in [1.29, 1.82) is 0 Å². The molecule has 1 aliphatic rings. The summed E-state index contributed by atoms with van der Waals surface area (Å²) >= 11 is 0. The minimum absolute atomic E-state index is 0.250. The average molecular weight is 340 g/mol. The van der Waals surface area contributed by atoms with Gasteiger partial charge in [0.2, 0.25) is 0 Å². The average Bonchev–Trinajstić information content (AvgIpc) is 2.97.